The van der Waals surface area contributed by atoms with E-state index in [1.807, 2.05) is 12.1 Å². The molecular formula is C17H14N2O2. The van der Waals surface area contributed by atoms with Crippen molar-refractivity contribution in [1.29, 1.82) is 0 Å². The molecule has 1 aliphatic carbocycles. The molecule has 0 spiro atoms. The molecule has 1 heterocycles. The summed E-state index contributed by atoms with van der Waals surface area (Å²) in [6, 6.07) is 10.7. The minimum absolute atomic E-state index is 0.128. The summed E-state index contributed by atoms with van der Waals surface area (Å²) in [6.45, 7) is 0.582. The average Bonchev–Trinajstić information content (AvgIpc) is 2.53. The van der Waals surface area contributed by atoms with Gasteiger partial charge in [0.25, 0.3) is 0 Å². The number of carbonyl (C=O) groups excluding carboxylic acids is 2. The van der Waals surface area contributed by atoms with Crippen molar-refractivity contribution >= 4 is 11.6 Å². The highest BCUT2D eigenvalue weighted by molar-refractivity contribution is 6.24. The summed E-state index contributed by atoms with van der Waals surface area (Å²) in [5.74, 6) is -0.259. The van der Waals surface area contributed by atoms with Gasteiger partial charge in [-0.3, -0.25) is 14.6 Å². The number of Topliss-reactive ketones (excluding diaryl/α,β-unsaturated/α-hetero) is 1. The fourth-order valence-corrected chi connectivity index (χ4v) is 2.33. The van der Waals surface area contributed by atoms with E-state index >= 15 is 0 Å². The molecule has 1 aromatic heterocycles. The molecule has 0 bridgehead atoms. The molecule has 0 atom stereocenters. The Balaban J connectivity index is 1.70. The van der Waals surface area contributed by atoms with Crippen LogP contribution in [0.2, 0.25) is 0 Å². The molecule has 1 aliphatic rings. The highest BCUT2D eigenvalue weighted by Gasteiger charge is 2.24. The number of benzene rings is 1. The number of fused-ring (bicyclic) bond motifs is 1. The van der Waals surface area contributed by atoms with Crippen LogP contribution in [0.1, 0.15) is 26.3 Å². The van der Waals surface area contributed by atoms with Gasteiger partial charge in [-0.25, -0.2) is 0 Å². The quantitative estimate of drug-likeness (QED) is 0.931. The zero-order valence-corrected chi connectivity index (χ0v) is 11.4. The molecule has 0 unspecified atom stereocenters. The Bertz CT molecular complexity index is 721. The fraction of sp³-hybridized carbons (Fsp3) is 0.118. The van der Waals surface area contributed by atoms with Crippen LogP contribution >= 0.6 is 0 Å². The van der Waals surface area contributed by atoms with Crippen LogP contribution in [0.15, 0.2) is 60.6 Å². The van der Waals surface area contributed by atoms with Gasteiger partial charge in [0.1, 0.15) is 0 Å². The van der Waals surface area contributed by atoms with E-state index in [1.54, 1.807) is 36.7 Å². The van der Waals surface area contributed by atoms with Crippen molar-refractivity contribution in [1.82, 2.24) is 10.3 Å². The number of hydrogen-bond donors (Lipinski definition) is 1. The Labute approximate surface area is 122 Å². The van der Waals surface area contributed by atoms with Gasteiger partial charge in [-0.05, 0) is 18.1 Å². The Morgan fingerprint density at radius 2 is 1.81 bits per heavy atom. The van der Waals surface area contributed by atoms with Gasteiger partial charge in [0.2, 0.25) is 5.78 Å². The lowest BCUT2D eigenvalue weighted by molar-refractivity contribution is 0.0978. The van der Waals surface area contributed by atoms with Crippen LogP contribution in [0.5, 0.6) is 0 Å². The number of allylic oxidation sites excluding steroid dienone is 2. The summed E-state index contributed by atoms with van der Waals surface area (Å²) < 4.78 is 0. The smallest absolute Gasteiger partial charge is 0.209 e. The number of ketones is 2. The SMILES string of the molecule is O=C1C=C(NCCc2cccnc2)C(=O)c2ccccc21. The molecule has 1 N–H and O–H groups in total. The van der Waals surface area contributed by atoms with Crippen molar-refractivity contribution in [2.75, 3.05) is 6.54 Å². The molecular weight excluding hydrogens is 264 g/mol. The van der Waals surface area contributed by atoms with Crippen molar-refractivity contribution in [2.45, 2.75) is 6.42 Å². The van der Waals surface area contributed by atoms with Gasteiger partial charge >= 0.3 is 0 Å². The van der Waals surface area contributed by atoms with Crippen molar-refractivity contribution < 1.29 is 9.59 Å². The van der Waals surface area contributed by atoms with Crippen LogP contribution in [-0.4, -0.2) is 23.1 Å². The number of nitrogens with one attached hydrogen (secondary N) is 1. The maximum Gasteiger partial charge on any atom is 0.209 e. The van der Waals surface area contributed by atoms with Crippen molar-refractivity contribution in [3.05, 3.63) is 77.3 Å². The van der Waals surface area contributed by atoms with Gasteiger partial charge in [-0.15, -0.1) is 0 Å². The third-order valence-electron chi connectivity index (χ3n) is 3.41. The van der Waals surface area contributed by atoms with Crippen LogP contribution in [0, 0.1) is 0 Å². The predicted octanol–water partition coefficient (Wildman–Crippen LogP) is 2.18. The van der Waals surface area contributed by atoms with Gasteiger partial charge in [0.05, 0.1) is 5.70 Å². The Kier molecular flexibility index (Phi) is 3.60. The number of nitrogens with zero attached hydrogens (tertiary/aromatic N) is 1. The number of hydrogen-bond acceptors (Lipinski definition) is 4. The van der Waals surface area contributed by atoms with E-state index < -0.39 is 0 Å². The molecule has 1 aromatic carbocycles. The Hall–Kier alpha value is -2.75. The molecule has 3 rings (SSSR count). The van der Waals surface area contributed by atoms with Gasteiger partial charge in [-0.2, -0.15) is 0 Å². The maximum atomic E-state index is 12.3. The van der Waals surface area contributed by atoms with Crippen molar-refractivity contribution in [2.24, 2.45) is 0 Å². The van der Waals surface area contributed by atoms with E-state index in [-0.39, 0.29) is 11.6 Å². The first kappa shape index (κ1) is 13.2. The van der Waals surface area contributed by atoms with Gasteiger partial charge in [-0.1, -0.05) is 30.3 Å². The third-order valence-corrected chi connectivity index (χ3v) is 3.41. The number of rotatable bonds is 4. The monoisotopic (exact) mass is 278 g/mol. The van der Waals surface area contributed by atoms with Crippen LogP contribution in [-0.2, 0) is 6.42 Å². The third kappa shape index (κ3) is 2.74. The number of pyridine rings is 1. The zero-order valence-electron chi connectivity index (χ0n) is 11.4. The molecule has 4 nitrogen and oxygen atoms in total. The normalized spacial score (nSPS) is 13.6. The first-order valence-electron chi connectivity index (χ1n) is 6.78. The lowest BCUT2D eigenvalue weighted by Gasteiger charge is -2.16. The van der Waals surface area contributed by atoms with Crippen LogP contribution in [0.3, 0.4) is 0 Å². The summed E-state index contributed by atoms with van der Waals surface area (Å²) in [5, 5.41) is 3.05. The summed E-state index contributed by atoms with van der Waals surface area (Å²) >= 11 is 0. The average molecular weight is 278 g/mol. The molecule has 104 valence electrons. The molecule has 2 aromatic rings. The molecule has 21 heavy (non-hydrogen) atoms. The first-order valence-corrected chi connectivity index (χ1v) is 6.78. The van der Waals surface area contributed by atoms with E-state index in [4.69, 9.17) is 0 Å². The van der Waals surface area contributed by atoms with Crippen molar-refractivity contribution in [3.63, 3.8) is 0 Å². The van der Waals surface area contributed by atoms with E-state index in [1.165, 1.54) is 6.08 Å². The topological polar surface area (TPSA) is 59.1 Å². The first-order chi connectivity index (χ1) is 10.3. The second-order valence-electron chi connectivity index (χ2n) is 4.84. The lowest BCUT2D eigenvalue weighted by Crippen LogP contribution is -2.28. The van der Waals surface area contributed by atoms with E-state index in [0.29, 0.717) is 23.4 Å². The predicted molar refractivity (Wildman–Crippen MR) is 79.1 cm³/mol. The zero-order chi connectivity index (χ0) is 14.7. The summed E-state index contributed by atoms with van der Waals surface area (Å²) in [6.07, 6.45) is 5.64. The van der Waals surface area contributed by atoms with E-state index in [9.17, 15) is 9.59 Å². The second kappa shape index (κ2) is 5.71. The Morgan fingerprint density at radius 3 is 2.57 bits per heavy atom. The van der Waals surface area contributed by atoms with Gasteiger partial charge in [0, 0.05) is 36.1 Å². The standard InChI is InChI=1S/C17H14N2O2/c20-16-10-15(17(21)14-6-2-1-5-13(14)16)19-9-7-12-4-3-8-18-11-12/h1-6,8,10-11,19H,7,9H2. The summed E-state index contributed by atoms with van der Waals surface area (Å²) in [5.41, 5.74) is 2.39. The Morgan fingerprint density at radius 1 is 1.00 bits per heavy atom. The molecule has 0 fully saturated rings. The van der Waals surface area contributed by atoms with Crippen LogP contribution in [0.25, 0.3) is 0 Å². The molecule has 0 amide bonds. The van der Waals surface area contributed by atoms with E-state index in [2.05, 4.69) is 10.3 Å². The van der Waals surface area contributed by atoms with Crippen LogP contribution < -0.4 is 5.32 Å². The highest BCUT2D eigenvalue weighted by atomic mass is 16.1. The molecule has 4 heteroatoms. The maximum absolute atomic E-state index is 12.3. The fourth-order valence-electron chi connectivity index (χ4n) is 2.33. The molecule has 0 radical (unpaired) electrons. The minimum atomic E-state index is -0.130. The lowest BCUT2D eigenvalue weighted by atomic mass is 9.93. The molecule has 0 saturated carbocycles. The summed E-state index contributed by atoms with van der Waals surface area (Å²) in [4.78, 5) is 28.3. The minimum Gasteiger partial charge on any atom is -0.381 e. The van der Waals surface area contributed by atoms with E-state index in [0.717, 1.165) is 12.0 Å². The second-order valence-corrected chi connectivity index (χ2v) is 4.84. The van der Waals surface area contributed by atoms with Gasteiger partial charge in [0.15, 0.2) is 5.78 Å². The molecule has 0 saturated heterocycles. The largest absolute Gasteiger partial charge is 0.381 e. The van der Waals surface area contributed by atoms with Crippen LogP contribution in [0.4, 0.5) is 0 Å². The molecule has 0 aliphatic heterocycles. The van der Waals surface area contributed by atoms with Gasteiger partial charge < -0.3 is 5.32 Å². The number of carbonyl (C=O) groups is 2. The highest BCUT2D eigenvalue weighted by Crippen LogP contribution is 2.19. The van der Waals surface area contributed by atoms with Crippen molar-refractivity contribution in [3.8, 4) is 0 Å². The number of aromatic nitrogens is 1. The summed E-state index contributed by atoms with van der Waals surface area (Å²) in [7, 11) is 0.